The molecule has 0 saturated carbocycles. The average molecular weight is 247 g/mol. The molecule has 2 radical (unpaired) electrons. The molecule has 0 amide bonds. The second-order valence-electron chi connectivity index (χ2n) is 0. The molecule has 0 fully saturated rings. The van der Waals surface area contributed by atoms with Gasteiger partial charge >= 0.3 is 39.9 Å². The van der Waals surface area contributed by atoms with E-state index in [1.165, 1.54) is 0 Å². The summed E-state index contributed by atoms with van der Waals surface area (Å²) in [6.07, 6.45) is 0. The first kappa shape index (κ1) is 39.0. The molecular weight excluding hydrogens is 246 g/mol. The zero-order valence-corrected chi connectivity index (χ0v) is 6.49. The molecule has 0 bridgehead atoms. The Morgan fingerprint density at radius 2 is 1.17 bits per heavy atom. The first-order valence-electron chi connectivity index (χ1n) is 0.183. The van der Waals surface area contributed by atoms with Gasteiger partial charge in [0.05, 0.1) is 0 Å². The van der Waals surface area contributed by atoms with Crippen molar-refractivity contribution < 1.29 is 71.4 Å². The van der Waals surface area contributed by atoms with Crippen molar-refractivity contribution >= 4 is 18.9 Å². The Morgan fingerprint density at radius 1 is 1.17 bits per heavy atom. The Morgan fingerprint density at radius 3 is 1.17 bits per heavy atom. The van der Waals surface area contributed by atoms with Gasteiger partial charge in [0.15, 0.2) is 0 Å². The zero-order valence-electron chi connectivity index (χ0n) is 1.88. The van der Waals surface area contributed by atoms with Crippen molar-refractivity contribution in [3.05, 3.63) is 0 Å². The van der Waals surface area contributed by atoms with Crippen molar-refractivity contribution in [1.29, 1.82) is 0 Å². The fraction of sp³-hybridized carbons (Fsp3) is 0. The number of hydrogen-bond donors (Lipinski definition) is 0. The average Bonchev–Trinajstić information content (AvgIpc) is 1.00. The van der Waals surface area contributed by atoms with Crippen LogP contribution < -0.4 is 0 Å². The Kier molecular flexibility index (Phi) is 330. The normalized spacial score (nSPS) is 0.500. The van der Waals surface area contributed by atoms with Crippen molar-refractivity contribution in [1.82, 2.24) is 0 Å². The SMILES string of the molecule is [Co].[LiH].[Mn].[Ni].[O]=[V]. The predicted molar refractivity (Wildman–Crippen MR) is 7.84 cm³/mol. The third-order valence-corrected chi connectivity index (χ3v) is 0. The van der Waals surface area contributed by atoms with Crippen molar-refractivity contribution in [2.24, 2.45) is 0 Å². The van der Waals surface area contributed by atoms with Crippen LogP contribution in [-0.4, -0.2) is 18.9 Å². The fourth-order valence-corrected chi connectivity index (χ4v) is 0. The van der Waals surface area contributed by atoms with Gasteiger partial charge in [-0.3, -0.25) is 0 Å². The molecule has 0 aliphatic carbocycles. The van der Waals surface area contributed by atoms with Crippen LogP contribution in [0.5, 0.6) is 0 Å². The van der Waals surface area contributed by atoms with E-state index in [-0.39, 0.29) is 69.2 Å². The van der Waals surface area contributed by atoms with E-state index in [1.54, 1.807) is 0 Å². The van der Waals surface area contributed by atoms with Crippen LogP contribution in [-0.2, 0) is 71.4 Å². The van der Waals surface area contributed by atoms with E-state index in [9.17, 15) is 0 Å². The third-order valence-electron chi connectivity index (χ3n) is 0. The summed E-state index contributed by atoms with van der Waals surface area (Å²) in [7, 11) is 0. The van der Waals surface area contributed by atoms with Crippen LogP contribution in [0.3, 0.4) is 0 Å². The summed E-state index contributed by atoms with van der Waals surface area (Å²) in [6, 6.07) is 0. The molecule has 6 heavy (non-hydrogen) atoms. The van der Waals surface area contributed by atoms with Gasteiger partial charge in [-0.15, -0.1) is 0 Å². The predicted octanol–water partition coefficient (Wildman–Crippen LogP) is -0.777. The molecule has 0 N–H and O–H groups in total. The van der Waals surface area contributed by atoms with Crippen LogP contribution in [0.1, 0.15) is 0 Å². The minimum absolute atomic E-state index is 0. The van der Waals surface area contributed by atoms with Crippen LogP contribution in [0.4, 0.5) is 0 Å². The molecule has 0 atom stereocenters. The molecule has 0 rings (SSSR count). The van der Waals surface area contributed by atoms with Gasteiger partial charge in [0, 0.05) is 50.3 Å². The summed E-state index contributed by atoms with van der Waals surface area (Å²) in [6.45, 7) is 0. The maximum atomic E-state index is 8.19. The van der Waals surface area contributed by atoms with E-state index in [1.807, 2.05) is 0 Å². The molecule has 0 aromatic heterocycles. The van der Waals surface area contributed by atoms with Crippen molar-refractivity contribution in [3.8, 4) is 0 Å². The quantitative estimate of drug-likeness (QED) is 0.514. The summed E-state index contributed by atoms with van der Waals surface area (Å²) < 4.78 is 8.19. The summed E-state index contributed by atoms with van der Waals surface area (Å²) in [5.41, 5.74) is 0. The van der Waals surface area contributed by atoms with Crippen LogP contribution in [0.2, 0.25) is 0 Å². The van der Waals surface area contributed by atoms with Gasteiger partial charge in [0.1, 0.15) is 0 Å². The second kappa shape index (κ2) is 50.7. The summed E-state index contributed by atoms with van der Waals surface area (Å²) in [5.74, 6) is 0. The van der Waals surface area contributed by atoms with Gasteiger partial charge < -0.3 is 0 Å². The van der Waals surface area contributed by atoms with E-state index in [0.29, 0.717) is 0 Å². The molecule has 1 nitrogen and oxygen atoms in total. The van der Waals surface area contributed by atoms with Crippen molar-refractivity contribution in [2.75, 3.05) is 0 Å². The molecule has 39 valence electrons. The fourth-order valence-electron chi connectivity index (χ4n) is 0. The Bertz CT molecular complexity index is 15.5. The van der Waals surface area contributed by atoms with E-state index < -0.39 is 0 Å². The topological polar surface area (TPSA) is 17.1 Å². The summed E-state index contributed by atoms with van der Waals surface area (Å²) in [4.78, 5) is 0. The molecule has 0 saturated heterocycles. The standard InChI is InChI=1S/Co.Li.Mn.Ni.O.V.H. The molecule has 0 aliphatic rings. The second-order valence-corrected chi connectivity index (χ2v) is 0. The maximum absolute atomic E-state index is 8.19. The van der Waals surface area contributed by atoms with Crippen molar-refractivity contribution in [3.63, 3.8) is 0 Å². The van der Waals surface area contributed by atoms with Gasteiger partial charge in [0.25, 0.3) is 0 Å². The Hall–Kier alpha value is 2.50. The van der Waals surface area contributed by atoms with Crippen molar-refractivity contribution in [2.45, 2.75) is 0 Å². The van der Waals surface area contributed by atoms with Gasteiger partial charge in [-0.25, -0.2) is 0 Å². The van der Waals surface area contributed by atoms with Gasteiger partial charge in [-0.2, -0.15) is 0 Å². The Balaban J connectivity index is -0.000000000833. The third kappa shape index (κ3) is 31.4. The van der Waals surface area contributed by atoms with Crippen LogP contribution in [0.15, 0.2) is 0 Å². The van der Waals surface area contributed by atoms with Crippen LogP contribution in [0.25, 0.3) is 0 Å². The molecular formula is HCoLiMnNiOV. The van der Waals surface area contributed by atoms with E-state index >= 15 is 0 Å². The monoisotopic (exact) mass is 247 g/mol. The molecule has 0 aromatic carbocycles. The van der Waals surface area contributed by atoms with Gasteiger partial charge in [-0.1, -0.05) is 0 Å². The number of rotatable bonds is 0. The molecule has 0 unspecified atom stereocenters. The van der Waals surface area contributed by atoms with Gasteiger partial charge in [0.2, 0.25) is 0 Å². The van der Waals surface area contributed by atoms with Gasteiger partial charge in [-0.05, 0) is 0 Å². The minimum atomic E-state index is 0. The molecule has 6 heteroatoms. The summed E-state index contributed by atoms with van der Waals surface area (Å²) in [5, 5.41) is 0. The molecule has 0 spiro atoms. The van der Waals surface area contributed by atoms with E-state index in [0.717, 1.165) is 17.4 Å². The molecule has 0 heterocycles. The van der Waals surface area contributed by atoms with Crippen LogP contribution >= 0.6 is 0 Å². The number of hydrogen-bond acceptors (Lipinski definition) is 1. The van der Waals surface area contributed by atoms with Crippen LogP contribution in [0, 0.1) is 0 Å². The zero-order chi connectivity index (χ0) is 2.00. The first-order valence-corrected chi connectivity index (χ1v) is 0.753. The first-order chi connectivity index (χ1) is 1.00. The Labute approximate surface area is 89.1 Å². The van der Waals surface area contributed by atoms with E-state index in [4.69, 9.17) is 3.67 Å². The summed E-state index contributed by atoms with van der Waals surface area (Å²) >= 11 is 1.06. The molecule has 0 aliphatic heterocycles. The van der Waals surface area contributed by atoms with E-state index in [2.05, 4.69) is 0 Å². The molecule has 0 aromatic rings.